The second-order valence-corrected chi connectivity index (χ2v) is 7.48. The van der Waals surface area contributed by atoms with Crippen LogP contribution < -0.4 is 9.47 Å². The van der Waals surface area contributed by atoms with Gasteiger partial charge < -0.3 is 18.7 Å². The Morgan fingerprint density at radius 3 is 2.61 bits per heavy atom. The van der Waals surface area contributed by atoms with Gasteiger partial charge in [-0.3, -0.25) is 4.68 Å². The van der Waals surface area contributed by atoms with Crippen LogP contribution in [0.3, 0.4) is 0 Å². The molecular weight excluding hydrogens is 420 g/mol. The Hall–Kier alpha value is -3.36. The molecule has 0 saturated carbocycles. The van der Waals surface area contributed by atoms with Crippen molar-refractivity contribution in [2.24, 2.45) is 0 Å². The maximum absolute atomic E-state index is 6.01. The molecule has 0 fully saturated rings. The normalized spacial score (nSPS) is 15.5. The van der Waals surface area contributed by atoms with Crippen LogP contribution in [0.1, 0.15) is 17.4 Å². The first-order chi connectivity index (χ1) is 15.1. The molecule has 0 unspecified atom stereocenters. The first kappa shape index (κ1) is 19.6. The van der Waals surface area contributed by atoms with Crippen LogP contribution in [0.5, 0.6) is 11.5 Å². The maximum atomic E-state index is 6.01. The van der Waals surface area contributed by atoms with Gasteiger partial charge in [-0.25, -0.2) is 0 Å². The van der Waals surface area contributed by atoms with Crippen LogP contribution >= 0.6 is 11.6 Å². The second-order valence-electron chi connectivity index (χ2n) is 7.05. The summed E-state index contributed by atoms with van der Waals surface area (Å²) in [5, 5.41) is 9.44. The van der Waals surface area contributed by atoms with Crippen molar-refractivity contribution in [3.8, 4) is 34.5 Å². The highest BCUT2D eigenvalue weighted by Crippen LogP contribution is 2.33. The Kier molecular flexibility index (Phi) is 5.09. The highest BCUT2D eigenvalue weighted by molar-refractivity contribution is 6.30. The molecule has 5 rings (SSSR count). The fraction of sp³-hybridized carbons (Fsp3) is 0.227. The van der Waals surface area contributed by atoms with Gasteiger partial charge in [0.1, 0.15) is 6.10 Å². The largest absolute Gasteiger partial charge is 0.493 e. The zero-order valence-corrected chi connectivity index (χ0v) is 17.7. The summed E-state index contributed by atoms with van der Waals surface area (Å²) in [6.07, 6.45) is -0.0949. The first-order valence-electron chi connectivity index (χ1n) is 9.65. The Morgan fingerprint density at radius 1 is 1.03 bits per heavy atom. The van der Waals surface area contributed by atoms with Crippen molar-refractivity contribution in [2.45, 2.75) is 19.3 Å². The van der Waals surface area contributed by atoms with Crippen molar-refractivity contribution in [1.82, 2.24) is 19.9 Å². The van der Waals surface area contributed by atoms with Crippen LogP contribution in [0, 0.1) is 0 Å². The summed E-state index contributed by atoms with van der Waals surface area (Å²) in [6, 6.07) is 15.0. The van der Waals surface area contributed by atoms with Gasteiger partial charge in [0.2, 0.25) is 5.82 Å². The molecule has 0 bridgehead atoms. The van der Waals surface area contributed by atoms with Gasteiger partial charge in [-0.2, -0.15) is 10.1 Å². The lowest BCUT2D eigenvalue weighted by molar-refractivity contribution is -0.00112. The lowest BCUT2D eigenvalue weighted by Gasteiger charge is -2.24. The zero-order chi connectivity index (χ0) is 21.4. The molecule has 1 atom stereocenters. The van der Waals surface area contributed by atoms with Crippen molar-refractivity contribution in [1.29, 1.82) is 0 Å². The minimum Gasteiger partial charge on any atom is -0.493 e. The topological polar surface area (TPSA) is 84.4 Å². The third kappa shape index (κ3) is 3.75. The van der Waals surface area contributed by atoms with Gasteiger partial charge in [0, 0.05) is 10.6 Å². The van der Waals surface area contributed by atoms with E-state index in [-0.39, 0.29) is 6.10 Å². The first-order valence-corrected chi connectivity index (χ1v) is 10.0. The van der Waals surface area contributed by atoms with E-state index in [1.165, 1.54) is 0 Å². The van der Waals surface area contributed by atoms with Crippen molar-refractivity contribution in [3.05, 3.63) is 64.8 Å². The van der Waals surface area contributed by atoms with Gasteiger partial charge in [0.05, 0.1) is 33.1 Å². The van der Waals surface area contributed by atoms with Gasteiger partial charge in [-0.05, 0) is 42.0 Å². The van der Waals surface area contributed by atoms with Crippen molar-refractivity contribution < 1.29 is 18.7 Å². The van der Waals surface area contributed by atoms with Crippen LogP contribution in [0.15, 0.2) is 53.1 Å². The third-order valence-corrected chi connectivity index (χ3v) is 5.42. The molecule has 9 heteroatoms. The van der Waals surface area contributed by atoms with Crippen LogP contribution in [0.4, 0.5) is 0 Å². The summed E-state index contributed by atoms with van der Waals surface area (Å²) in [6.45, 7) is 1.03. The van der Waals surface area contributed by atoms with Crippen LogP contribution in [-0.4, -0.2) is 34.1 Å². The number of benzene rings is 2. The number of halogens is 1. The van der Waals surface area contributed by atoms with E-state index in [0.29, 0.717) is 47.1 Å². The Balaban J connectivity index is 1.39. The van der Waals surface area contributed by atoms with E-state index in [0.717, 1.165) is 16.8 Å². The summed E-state index contributed by atoms with van der Waals surface area (Å²) in [5.41, 5.74) is 3.36. The van der Waals surface area contributed by atoms with Gasteiger partial charge in [-0.1, -0.05) is 28.9 Å². The molecule has 0 saturated heterocycles. The standard InChI is InChI=1S/C22H19ClN4O4/c1-28-18-8-5-14(9-19(18)29-2)21-24-22(31-26-21)17-10-16-12-30-20(11-27(16)25-17)13-3-6-15(23)7-4-13/h3-10,20H,11-12H2,1-2H3/t20-/m1/s1. The van der Waals surface area contributed by atoms with E-state index in [9.17, 15) is 0 Å². The Labute approximate surface area is 183 Å². The molecule has 0 amide bonds. The minimum atomic E-state index is -0.0949. The number of fused-ring (bicyclic) bond motifs is 1. The average Bonchev–Trinajstić information content (AvgIpc) is 3.46. The molecule has 0 N–H and O–H groups in total. The number of hydrogen-bond donors (Lipinski definition) is 0. The smallest absolute Gasteiger partial charge is 0.278 e. The predicted molar refractivity (Wildman–Crippen MR) is 113 cm³/mol. The second kappa shape index (κ2) is 8.05. The van der Waals surface area contributed by atoms with Crippen molar-refractivity contribution in [3.63, 3.8) is 0 Å². The van der Waals surface area contributed by atoms with Crippen molar-refractivity contribution >= 4 is 11.6 Å². The molecular formula is C22H19ClN4O4. The number of nitrogens with zero attached hydrogens (tertiary/aromatic N) is 4. The molecule has 158 valence electrons. The predicted octanol–water partition coefficient (Wildman–Crippen LogP) is 4.54. The quantitative estimate of drug-likeness (QED) is 0.452. The molecule has 1 aliphatic heterocycles. The molecule has 0 radical (unpaired) electrons. The summed E-state index contributed by atoms with van der Waals surface area (Å²) in [7, 11) is 3.17. The third-order valence-electron chi connectivity index (χ3n) is 5.16. The molecule has 3 heterocycles. The molecule has 8 nitrogen and oxygen atoms in total. The molecule has 0 aliphatic carbocycles. The molecule has 2 aromatic carbocycles. The Morgan fingerprint density at radius 2 is 1.84 bits per heavy atom. The summed E-state index contributed by atoms with van der Waals surface area (Å²) in [5.74, 6) is 2.01. The van der Waals surface area contributed by atoms with Gasteiger partial charge in [0.25, 0.3) is 5.89 Å². The lowest BCUT2D eigenvalue weighted by Crippen LogP contribution is -2.21. The SMILES string of the molecule is COc1ccc(-c2noc(-c3cc4n(n3)C[C@H](c3ccc(Cl)cc3)OC4)n2)cc1OC. The molecule has 0 spiro atoms. The summed E-state index contributed by atoms with van der Waals surface area (Å²) < 4.78 is 24.0. The van der Waals surface area contributed by atoms with E-state index in [1.807, 2.05) is 41.1 Å². The lowest BCUT2D eigenvalue weighted by atomic mass is 10.1. The van der Waals surface area contributed by atoms with E-state index in [1.54, 1.807) is 26.4 Å². The highest BCUT2D eigenvalue weighted by atomic mass is 35.5. The van der Waals surface area contributed by atoms with E-state index in [2.05, 4.69) is 15.2 Å². The van der Waals surface area contributed by atoms with Crippen LogP contribution in [0.2, 0.25) is 5.02 Å². The number of methoxy groups -OCH3 is 2. The monoisotopic (exact) mass is 438 g/mol. The van der Waals surface area contributed by atoms with Crippen LogP contribution in [0.25, 0.3) is 23.0 Å². The van der Waals surface area contributed by atoms with Gasteiger partial charge in [-0.15, -0.1) is 0 Å². The Bertz CT molecular complexity index is 1220. The summed E-state index contributed by atoms with van der Waals surface area (Å²) >= 11 is 5.99. The van der Waals surface area contributed by atoms with E-state index < -0.39 is 0 Å². The molecule has 31 heavy (non-hydrogen) atoms. The molecule has 1 aliphatic rings. The van der Waals surface area contributed by atoms with Gasteiger partial charge >= 0.3 is 0 Å². The highest BCUT2D eigenvalue weighted by Gasteiger charge is 2.24. The van der Waals surface area contributed by atoms with Crippen LogP contribution in [-0.2, 0) is 17.9 Å². The van der Waals surface area contributed by atoms with E-state index >= 15 is 0 Å². The average molecular weight is 439 g/mol. The minimum absolute atomic E-state index is 0.0949. The zero-order valence-electron chi connectivity index (χ0n) is 16.9. The molecule has 2 aromatic heterocycles. The number of ether oxygens (including phenoxy) is 3. The van der Waals surface area contributed by atoms with Crippen molar-refractivity contribution in [2.75, 3.05) is 14.2 Å². The molecule has 4 aromatic rings. The number of hydrogen-bond acceptors (Lipinski definition) is 7. The van der Waals surface area contributed by atoms with E-state index in [4.69, 9.17) is 30.3 Å². The number of aromatic nitrogens is 4. The fourth-order valence-electron chi connectivity index (χ4n) is 3.53. The maximum Gasteiger partial charge on any atom is 0.278 e. The summed E-state index contributed by atoms with van der Waals surface area (Å²) in [4.78, 5) is 4.51. The fourth-order valence-corrected chi connectivity index (χ4v) is 3.66. The van der Waals surface area contributed by atoms with Gasteiger partial charge in [0.15, 0.2) is 17.2 Å². The number of rotatable bonds is 5.